The van der Waals surface area contributed by atoms with Crippen molar-refractivity contribution in [3.63, 3.8) is 0 Å². The molecule has 1 aliphatic heterocycles. The first-order chi connectivity index (χ1) is 10.9. The Morgan fingerprint density at radius 2 is 2.30 bits per heavy atom. The zero-order valence-corrected chi connectivity index (χ0v) is 14.1. The van der Waals surface area contributed by atoms with Gasteiger partial charge in [0.05, 0.1) is 6.54 Å². The second-order valence-corrected chi connectivity index (χ2v) is 6.81. The summed E-state index contributed by atoms with van der Waals surface area (Å²) in [5.41, 5.74) is -0.458. The van der Waals surface area contributed by atoms with E-state index in [1.54, 1.807) is 12.1 Å². The van der Waals surface area contributed by atoms with Gasteiger partial charge in [-0.05, 0) is 58.7 Å². The Balaban J connectivity index is 1.74. The molecule has 1 aromatic rings. The fourth-order valence-corrected chi connectivity index (χ4v) is 2.71. The van der Waals surface area contributed by atoms with E-state index in [-0.39, 0.29) is 12.1 Å². The molecular weight excluding hydrogens is 294 g/mol. The monoisotopic (exact) mass is 319 g/mol. The van der Waals surface area contributed by atoms with Crippen molar-refractivity contribution in [1.29, 1.82) is 5.26 Å². The minimum absolute atomic E-state index is 0.218. The molecule has 2 heterocycles. The third kappa shape index (κ3) is 5.29. The van der Waals surface area contributed by atoms with Gasteiger partial charge in [-0.3, -0.25) is 0 Å². The number of hydrogen-bond donors (Lipinski definition) is 1. The van der Waals surface area contributed by atoms with Crippen LogP contribution in [0.15, 0.2) is 16.5 Å². The Kier molecular flexibility index (Phi) is 5.67. The van der Waals surface area contributed by atoms with Crippen molar-refractivity contribution in [3.8, 4) is 6.07 Å². The lowest BCUT2D eigenvalue weighted by molar-refractivity contribution is 0.0220. The van der Waals surface area contributed by atoms with Gasteiger partial charge in [0, 0.05) is 12.6 Å². The summed E-state index contributed by atoms with van der Waals surface area (Å²) < 4.78 is 10.8. The topological polar surface area (TPSA) is 78.5 Å². The molecule has 0 radical (unpaired) electrons. The van der Waals surface area contributed by atoms with Gasteiger partial charge in [-0.1, -0.05) is 0 Å². The number of ether oxygens (including phenoxy) is 1. The quantitative estimate of drug-likeness (QED) is 0.844. The fraction of sp³-hybridized carbons (Fsp3) is 0.647. The lowest BCUT2D eigenvalue weighted by Crippen LogP contribution is -2.40. The third-order valence-corrected chi connectivity index (χ3v) is 3.73. The average Bonchev–Trinajstić information content (AvgIpc) is 3.10. The van der Waals surface area contributed by atoms with E-state index in [4.69, 9.17) is 14.4 Å². The fourth-order valence-electron chi connectivity index (χ4n) is 2.71. The van der Waals surface area contributed by atoms with Crippen molar-refractivity contribution in [2.75, 3.05) is 13.1 Å². The summed E-state index contributed by atoms with van der Waals surface area (Å²) in [6.07, 6.45) is 2.70. The van der Waals surface area contributed by atoms with Crippen LogP contribution in [-0.2, 0) is 11.3 Å². The summed E-state index contributed by atoms with van der Waals surface area (Å²) in [7, 11) is 0. The molecule has 6 heteroatoms. The zero-order valence-electron chi connectivity index (χ0n) is 14.1. The Labute approximate surface area is 137 Å². The minimum Gasteiger partial charge on any atom is -0.449 e. The van der Waals surface area contributed by atoms with E-state index in [0.29, 0.717) is 12.3 Å². The summed E-state index contributed by atoms with van der Waals surface area (Å²) in [6, 6.07) is 5.66. The third-order valence-electron chi connectivity index (χ3n) is 3.73. The van der Waals surface area contributed by atoms with E-state index in [2.05, 4.69) is 5.32 Å². The second-order valence-electron chi connectivity index (χ2n) is 6.81. The van der Waals surface area contributed by atoms with Crippen molar-refractivity contribution in [1.82, 2.24) is 10.2 Å². The van der Waals surface area contributed by atoms with Crippen LogP contribution in [0.4, 0.5) is 4.79 Å². The lowest BCUT2D eigenvalue weighted by atomic mass is 10.1. The maximum Gasteiger partial charge on any atom is 0.410 e. The number of likely N-dealkylation sites (tertiary alicyclic amines) is 1. The number of rotatable bonds is 5. The number of nitriles is 1. The van der Waals surface area contributed by atoms with Gasteiger partial charge in [-0.25, -0.2) is 4.79 Å². The van der Waals surface area contributed by atoms with E-state index >= 15 is 0 Å². The van der Waals surface area contributed by atoms with E-state index in [0.717, 1.165) is 38.1 Å². The zero-order chi connectivity index (χ0) is 16.9. The van der Waals surface area contributed by atoms with Gasteiger partial charge in [0.2, 0.25) is 5.76 Å². The summed E-state index contributed by atoms with van der Waals surface area (Å²) in [6.45, 7) is 7.79. The number of carbonyl (C=O) groups excluding carboxylic acids is 1. The van der Waals surface area contributed by atoms with Crippen LogP contribution in [0.5, 0.6) is 0 Å². The first kappa shape index (κ1) is 17.4. The predicted octanol–water partition coefficient (Wildman–Crippen LogP) is 3.03. The average molecular weight is 319 g/mol. The summed E-state index contributed by atoms with van der Waals surface area (Å²) >= 11 is 0. The normalized spacial score (nSPS) is 18.0. The van der Waals surface area contributed by atoms with Crippen molar-refractivity contribution in [2.45, 2.75) is 58.2 Å². The van der Waals surface area contributed by atoms with E-state index in [1.807, 2.05) is 31.7 Å². The SMILES string of the molecule is CC(C)(C)OC(=O)N1CCCC1CCNCc1ccc(C#N)o1. The highest BCUT2D eigenvalue weighted by Crippen LogP contribution is 2.22. The lowest BCUT2D eigenvalue weighted by Gasteiger charge is -2.28. The molecule has 1 amide bonds. The van der Waals surface area contributed by atoms with Crippen LogP contribution in [0.25, 0.3) is 0 Å². The summed E-state index contributed by atoms with van der Waals surface area (Å²) in [5.74, 6) is 1.07. The molecular formula is C17H25N3O3. The molecule has 0 bridgehead atoms. The van der Waals surface area contributed by atoms with Crippen molar-refractivity contribution < 1.29 is 13.9 Å². The molecule has 1 atom stereocenters. The number of furan rings is 1. The molecule has 0 aliphatic carbocycles. The maximum atomic E-state index is 12.2. The highest BCUT2D eigenvalue weighted by atomic mass is 16.6. The number of amides is 1. The van der Waals surface area contributed by atoms with Gasteiger partial charge >= 0.3 is 6.09 Å². The minimum atomic E-state index is -0.458. The molecule has 0 spiro atoms. The van der Waals surface area contributed by atoms with Crippen molar-refractivity contribution in [2.24, 2.45) is 0 Å². The molecule has 23 heavy (non-hydrogen) atoms. The van der Waals surface area contributed by atoms with Gasteiger partial charge in [-0.15, -0.1) is 0 Å². The predicted molar refractivity (Wildman–Crippen MR) is 85.7 cm³/mol. The standard InChI is InChI=1S/C17H25N3O3/c1-17(2,3)23-16(21)20-10-4-5-13(20)8-9-19-12-15-7-6-14(11-18)22-15/h6-7,13,19H,4-5,8-10,12H2,1-3H3. The molecule has 1 aliphatic rings. The van der Waals surface area contributed by atoms with Gasteiger partial charge in [-0.2, -0.15) is 5.26 Å². The Morgan fingerprint density at radius 3 is 2.96 bits per heavy atom. The van der Waals surface area contributed by atoms with Gasteiger partial charge in [0.25, 0.3) is 0 Å². The van der Waals surface area contributed by atoms with Crippen LogP contribution in [0, 0.1) is 11.3 Å². The molecule has 2 rings (SSSR count). The van der Waals surface area contributed by atoms with Gasteiger partial charge in [0.1, 0.15) is 17.4 Å². The van der Waals surface area contributed by atoms with E-state index in [9.17, 15) is 4.79 Å². The van der Waals surface area contributed by atoms with E-state index < -0.39 is 5.60 Å². The maximum absolute atomic E-state index is 12.2. The first-order valence-electron chi connectivity index (χ1n) is 8.08. The number of nitrogens with zero attached hydrogens (tertiary/aromatic N) is 2. The molecule has 1 N–H and O–H groups in total. The Morgan fingerprint density at radius 1 is 1.52 bits per heavy atom. The van der Waals surface area contributed by atoms with Crippen LogP contribution >= 0.6 is 0 Å². The first-order valence-corrected chi connectivity index (χ1v) is 8.08. The van der Waals surface area contributed by atoms with Crippen molar-refractivity contribution >= 4 is 6.09 Å². The summed E-state index contributed by atoms with van der Waals surface area (Å²) in [5, 5.41) is 12.0. The molecule has 126 valence electrons. The molecule has 6 nitrogen and oxygen atoms in total. The molecule has 1 fully saturated rings. The number of nitrogens with one attached hydrogen (secondary N) is 1. The molecule has 0 aromatic carbocycles. The largest absolute Gasteiger partial charge is 0.449 e. The molecule has 1 saturated heterocycles. The van der Waals surface area contributed by atoms with Gasteiger partial charge < -0.3 is 19.4 Å². The van der Waals surface area contributed by atoms with Crippen LogP contribution in [0.1, 0.15) is 51.6 Å². The van der Waals surface area contributed by atoms with Gasteiger partial charge in [0.15, 0.2) is 0 Å². The Bertz CT molecular complexity index is 568. The second kappa shape index (κ2) is 7.51. The molecule has 1 unspecified atom stereocenters. The number of carbonyl (C=O) groups is 1. The number of hydrogen-bond acceptors (Lipinski definition) is 5. The Hall–Kier alpha value is -2.00. The molecule has 0 saturated carbocycles. The highest BCUT2D eigenvalue weighted by molar-refractivity contribution is 5.68. The van der Waals surface area contributed by atoms with Crippen LogP contribution < -0.4 is 5.32 Å². The van der Waals surface area contributed by atoms with Crippen molar-refractivity contribution in [3.05, 3.63) is 23.7 Å². The summed E-state index contributed by atoms with van der Waals surface area (Å²) in [4.78, 5) is 14.0. The smallest absolute Gasteiger partial charge is 0.410 e. The highest BCUT2D eigenvalue weighted by Gasteiger charge is 2.31. The van der Waals surface area contributed by atoms with Crippen LogP contribution in [0.2, 0.25) is 0 Å². The van der Waals surface area contributed by atoms with E-state index in [1.165, 1.54) is 0 Å². The molecule has 1 aromatic heterocycles. The van der Waals surface area contributed by atoms with Crippen LogP contribution in [0.3, 0.4) is 0 Å². The van der Waals surface area contributed by atoms with Crippen LogP contribution in [-0.4, -0.2) is 35.7 Å².